The summed E-state index contributed by atoms with van der Waals surface area (Å²) in [5.74, 6) is -0.118. The summed E-state index contributed by atoms with van der Waals surface area (Å²) in [6.07, 6.45) is 0.256. The van der Waals surface area contributed by atoms with Crippen molar-refractivity contribution in [1.29, 1.82) is 0 Å². The molecule has 0 aromatic heterocycles. The fourth-order valence-electron chi connectivity index (χ4n) is 1.68. The third kappa shape index (κ3) is 4.20. The highest BCUT2D eigenvalue weighted by Crippen LogP contribution is 2.32. The lowest BCUT2D eigenvalue weighted by atomic mass is 10.0. The number of hydrogen-bond donors (Lipinski definition) is 2. The van der Waals surface area contributed by atoms with Gasteiger partial charge in [0.25, 0.3) is 0 Å². The summed E-state index contributed by atoms with van der Waals surface area (Å²) in [5, 5.41) is 3.45. The van der Waals surface area contributed by atoms with E-state index in [1.165, 1.54) is 0 Å². The van der Waals surface area contributed by atoms with Gasteiger partial charge in [-0.25, -0.2) is 0 Å². The van der Waals surface area contributed by atoms with E-state index in [0.29, 0.717) is 10.7 Å². The van der Waals surface area contributed by atoms with Crippen molar-refractivity contribution < 1.29 is 4.79 Å². The number of benzene rings is 1. The van der Waals surface area contributed by atoms with Crippen molar-refractivity contribution in [2.24, 2.45) is 5.73 Å². The largest absolute Gasteiger partial charge is 0.375 e. The van der Waals surface area contributed by atoms with Crippen LogP contribution in [-0.2, 0) is 4.79 Å². The molecule has 0 saturated heterocycles. The van der Waals surface area contributed by atoms with E-state index in [1.54, 1.807) is 12.1 Å². The monoisotopic (exact) mass is 269 g/mol. The van der Waals surface area contributed by atoms with Crippen molar-refractivity contribution in [1.82, 2.24) is 0 Å². The van der Waals surface area contributed by atoms with Crippen LogP contribution >= 0.6 is 11.6 Å². The number of anilines is 2. The average molecular weight is 270 g/mol. The van der Waals surface area contributed by atoms with E-state index in [9.17, 15) is 4.79 Å². The Morgan fingerprint density at radius 2 is 2.06 bits per heavy atom. The van der Waals surface area contributed by atoms with Crippen LogP contribution in [-0.4, -0.2) is 25.5 Å². The fourth-order valence-corrected chi connectivity index (χ4v) is 2.02. The molecule has 0 spiro atoms. The summed E-state index contributed by atoms with van der Waals surface area (Å²) in [4.78, 5) is 13.7. The van der Waals surface area contributed by atoms with Gasteiger partial charge in [0, 0.05) is 26.1 Å². The summed E-state index contributed by atoms with van der Waals surface area (Å²) in [6, 6.07) is 5.42. The van der Waals surface area contributed by atoms with Crippen LogP contribution < -0.4 is 16.0 Å². The van der Waals surface area contributed by atoms with E-state index >= 15 is 0 Å². The quantitative estimate of drug-likeness (QED) is 0.883. The minimum atomic E-state index is -0.527. The number of carbonyl (C=O) groups is 1. The predicted molar refractivity (Wildman–Crippen MR) is 77.3 cm³/mol. The van der Waals surface area contributed by atoms with Crippen molar-refractivity contribution in [3.63, 3.8) is 0 Å². The molecular formula is C13H20ClN3O. The highest BCUT2D eigenvalue weighted by molar-refractivity contribution is 6.34. The van der Waals surface area contributed by atoms with Gasteiger partial charge >= 0.3 is 0 Å². The van der Waals surface area contributed by atoms with Crippen LogP contribution in [0.4, 0.5) is 11.4 Å². The van der Waals surface area contributed by atoms with Crippen molar-refractivity contribution in [2.45, 2.75) is 25.8 Å². The summed E-state index contributed by atoms with van der Waals surface area (Å²) in [7, 11) is 3.76. The maximum atomic E-state index is 11.9. The molecular weight excluding hydrogens is 250 g/mol. The molecule has 18 heavy (non-hydrogen) atoms. The molecule has 1 aromatic carbocycles. The van der Waals surface area contributed by atoms with E-state index < -0.39 is 5.54 Å². The maximum absolute atomic E-state index is 11.9. The lowest BCUT2D eigenvalue weighted by Gasteiger charge is -2.21. The second-order valence-corrected chi connectivity index (χ2v) is 5.65. The van der Waals surface area contributed by atoms with Crippen LogP contribution in [0.5, 0.6) is 0 Å². The predicted octanol–water partition coefficient (Wildman–Crippen LogP) is 2.47. The van der Waals surface area contributed by atoms with Crippen LogP contribution in [0.15, 0.2) is 18.2 Å². The molecule has 0 aliphatic heterocycles. The van der Waals surface area contributed by atoms with Gasteiger partial charge in [-0.2, -0.15) is 0 Å². The zero-order chi connectivity index (χ0) is 13.9. The number of nitrogens with zero attached hydrogens (tertiary/aromatic N) is 1. The highest BCUT2D eigenvalue weighted by atomic mass is 35.5. The van der Waals surface area contributed by atoms with Crippen LogP contribution in [0.2, 0.25) is 5.02 Å². The SMILES string of the molecule is CN(C)c1c(Cl)cccc1NC(=O)CC(C)(C)N. The van der Waals surface area contributed by atoms with E-state index in [2.05, 4.69) is 5.32 Å². The van der Waals surface area contributed by atoms with Gasteiger partial charge < -0.3 is 16.0 Å². The first-order valence-corrected chi connectivity index (χ1v) is 6.13. The summed E-state index contributed by atoms with van der Waals surface area (Å²) >= 11 is 6.12. The normalized spacial score (nSPS) is 11.2. The second kappa shape index (κ2) is 5.59. The van der Waals surface area contributed by atoms with Crippen molar-refractivity contribution >= 4 is 28.9 Å². The van der Waals surface area contributed by atoms with Gasteiger partial charge in [-0.05, 0) is 26.0 Å². The molecule has 1 aromatic rings. The first-order chi connectivity index (χ1) is 8.20. The molecule has 0 atom stereocenters. The molecule has 0 saturated carbocycles. The molecule has 4 nitrogen and oxygen atoms in total. The Morgan fingerprint density at radius 3 is 2.56 bits per heavy atom. The van der Waals surface area contributed by atoms with Gasteiger partial charge in [0.2, 0.25) is 5.91 Å². The molecule has 100 valence electrons. The highest BCUT2D eigenvalue weighted by Gasteiger charge is 2.18. The van der Waals surface area contributed by atoms with Crippen LogP contribution in [0.1, 0.15) is 20.3 Å². The standard InChI is InChI=1S/C13H20ClN3O/c1-13(2,15)8-11(18)16-10-7-5-6-9(14)12(10)17(3)4/h5-7H,8,15H2,1-4H3,(H,16,18). The first kappa shape index (κ1) is 14.8. The van der Waals surface area contributed by atoms with Crippen LogP contribution in [0.3, 0.4) is 0 Å². The summed E-state index contributed by atoms with van der Waals surface area (Å²) in [6.45, 7) is 3.63. The van der Waals surface area contributed by atoms with Crippen LogP contribution in [0, 0.1) is 0 Å². The Balaban J connectivity index is 2.91. The topological polar surface area (TPSA) is 58.4 Å². The Kier molecular flexibility index (Phi) is 4.59. The lowest BCUT2D eigenvalue weighted by Crippen LogP contribution is -2.36. The molecule has 0 aliphatic carbocycles. The minimum Gasteiger partial charge on any atom is -0.375 e. The molecule has 3 N–H and O–H groups in total. The molecule has 0 fully saturated rings. The third-order valence-corrected chi connectivity index (χ3v) is 2.63. The fraction of sp³-hybridized carbons (Fsp3) is 0.462. The number of nitrogens with two attached hydrogens (primary N) is 1. The lowest BCUT2D eigenvalue weighted by molar-refractivity contribution is -0.117. The zero-order valence-electron chi connectivity index (χ0n) is 11.2. The Bertz CT molecular complexity index is 438. The average Bonchev–Trinajstić information content (AvgIpc) is 2.13. The van der Waals surface area contributed by atoms with Gasteiger partial charge in [-0.15, -0.1) is 0 Å². The maximum Gasteiger partial charge on any atom is 0.226 e. The summed E-state index contributed by atoms with van der Waals surface area (Å²) in [5.41, 5.74) is 6.78. The zero-order valence-corrected chi connectivity index (χ0v) is 12.0. The molecule has 1 rings (SSSR count). The Hall–Kier alpha value is -1.26. The van der Waals surface area contributed by atoms with E-state index in [4.69, 9.17) is 17.3 Å². The van der Waals surface area contributed by atoms with Crippen LogP contribution in [0.25, 0.3) is 0 Å². The van der Waals surface area contributed by atoms with Crippen molar-refractivity contribution in [3.05, 3.63) is 23.2 Å². The third-order valence-electron chi connectivity index (χ3n) is 2.32. The van der Waals surface area contributed by atoms with Crippen molar-refractivity contribution in [3.8, 4) is 0 Å². The smallest absolute Gasteiger partial charge is 0.226 e. The van der Waals surface area contributed by atoms with Gasteiger partial charge in [-0.3, -0.25) is 4.79 Å². The molecule has 0 unspecified atom stereocenters. The number of rotatable bonds is 4. The number of amides is 1. The van der Waals surface area contributed by atoms with Gasteiger partial charge in [0.05, 0.1) is 16.4 Å². The van der Waals surface area contributed by atoms with E-state index in [0.717, 1.165) is 5.69 Å². The molecule has 0 heterocycles. The molecule has 0 bridgehead atoms. The minimum absolute atomic E-state index is 0.118. The number of nitrogens with one attached hydrogen (secondary N) is 1. The second-order valence-electron chi connectivity index (χ2n) is 5.24. The molecule has 5 heteroatoms. The van der Waals surface area contributed by atoms with E-state index in [-0.39, 0.29) is 12.3 Å². The number of carbonyl (C=O) groups excluding carboxylic acids is 1. The number of para-hydroxylation sites is 1. The molecule has 1 amide bonds. The van der Waals surface area contributed by atoms with E-state index in [1.807, 2.05) is 38.9 Å². The van der Waals surface area contributed by atoms with Gasteiger partial charge in [0.15, 0.2) is 0 Å². The Morgan fingerprint density at radius 1 is 1.44 bits per heavy atom. The number of hydrogen-bond acceptors (Lipinski definition) is 3. The van der Waals surface area contributed by atoms with Gasteiger partial charge in [-0.1, -0.05) is 17.7 Å². The molecule has 0 radical (unpaired) electrons. The van der Waals surface area contributed by atoms with Crippen molar-refractivity contribution in [2.75, 3.05) is 24.3 Å². The number of halogens is 1. The summed E-state index contributed by atoms with van der Waals surface area (Å²) < 4.78 is 0. The first-order valence-electron chi connectivity index (χ1n) is 5.75. The molecule has 0 aliphatic rings. The Labute approximate surface area is 113 Å². The van der Waals surface area contributed by atoms with Gasteiger partial charge in [0.1, 0.15) is 0 Å².